The molecule has 21 heavy (non-hydrogen) atoms. The van der Waals surface area contributed by atoms with Crippen LogP contribution in [0.5, 0.6) is 0 Å². The van der Waals surface area contributed by atoms with Crippen LogP contribution in [-0.4, -0.2) is 24.0 Å². The smallest absolute Gasteiger partial charge is 0.545 e. The number of ether oxygens (including phenoxy) is 1. The Balaban J connectivity index is 0. The molecule has 0 amide bonds. The average Bonchev–Trinajstić information content (AvgIpc) is 2.37. The molecule has 0 radical (unpaired) electrons. The Morgan fingerprint density at radius 1 is 1.10 bits per heavy atom. The first-order chi connectivity index (χ1) is 8.86. The summed E-state index contributed by atoms with van der Waals surface area (Å²) in [5, 5.41) is 21.6. The first kappa shape index (κ1) is 22.9. The van der Waals surface area contributed by atoms with Gasteiger partial charge in [-0.05, 0) is 31.0 Å². The number of rotatable bonds is 5. The van der Waals surface area contributed by atoms with Gasteiger partial charge < -0.3 is 24.5 Å². The van der Waals surface area contributed by atoms with Crippen LogP contribution in [-0.2, 0) is 4.74 Å². The molecule has 0 fully saturated rings. The number of hydrogen-bond acceptors (Lipinski definition) is 6. The largest absolute Gasteiger partial charge is 1.00 e. The van der Waals surface area contributed by atoms with Gasteiger partial charge in [-0.3, -0.25) is 0 Å². The van der Waals surface area contributed by atoms with Crippen LogP contribution in [0.25, 0.3) is 0 Å². The first-order valence-corrected chi connectivity index (χ1v) is 5.64. The molecule has 0 spiro atoms. The van der Waals surface area contributed by atoms with Crippen LogP contribution >= 0.6 is 0 Å². The fraction of sp³-hybridized carbons (Fsp3) is 0.308. The molecule has 1 rings (SSSR count). The summed E-state index contributed by atoms with van der Waals surface area (Å²) < 4.78 is 4.98. The number of carbonyl (C=O) groups excluding carboxylic acids is 3. The van der Waals surface area contributed by atoms with Crippen molar-refractivity contribution < 1.29 is 88.4 Å². The molecular weight excluding hydrogens is 298 g/mol. The molecule has 0 saturated carbocycles. The van der Waals surface area contributed by atoms with E-state index >= 15 is 0 Å². The average molecular weight is 310 g/mol. The van der Waals surface area contributed by atoms with Gasteiger partial charge in [0.15, 0.2) is 0 Å². The van der Waals surface area contributed by atoms with Gasteiger partial charge in [0.25, 0.3) is 0 Å². The molecule has 0 aliphatic carbocycles. The minimum atomic E-state index is -1.65. The summed E-state index contributed by atoms with van der Waals surface area (Å²) >= 11 is 0. The molecule has 1 aromatic carbocycles. The van der Waals surface area contributed by atoms with Crippen molar-refractivity contribution in [2.24, 2.45) is 0 Å². The van der Waals surface area contributed by atoms with Gasteiger partial charge in [0.2, 0.25) is 0 Å². The molecule has 102 valence electrons. The third-order valence-electron chi connectivity index (χ3n) is 2.58. The second kappa shape index (κ2) is 10.4. The quantitative estimate of drug-likeness (QED) is 0.395. The summed E-state index contributed by atoms with van der Waals surface area (Å²) in [5.41, 5.74) is -1.13. The van der Waals surface area contributed by atoms with E-state index in [0.29, 0.717) is 6.42 Å². The molecule has 6 nitrogen and oxygen atoms in total. The van der Waals surface area contributed by atoms with Gasteiger partial charge in [-0.25, -0.2) is 4.79 Å². The third-order valence-corrected chi connectivity index (χ3v) is 2.58. The standard InChI is InChI=1S/C13H14O6.2Na/c1-3-7(2)19-13(18)9-5-4-8(11(14)15)6-10(9)12(16)17;;/h4-7H,3H2,1-2H3,(H,14,15)(H,16,17);;/q;2*+1/p-2. The van der Waals surface area contributed by atoms with Gasteiger partial charge in [-0.2, -0.15) is 0 Å². The van der Waals surface area contributed by atoms with Crippen molar-refractivity contribution >= 4 is 17.9 Å². The summed E-state index contributed by atoms with van der Waals surface area (Å²) in [6.45, 7) is 3.46. The van der Waals surface area contributed by atoms with Crippen molar-refractivity contribution in [2.45, 2.75) is 26.4 Å². The summed E-state index contributed by atoms with van der Waals surface area (Å²) in [4.78, 5) is 33.3. The maximum atomic E-state index is 11.7. The van der Waals surface area contributed by atoms with Crippen molar-refractivity contribution in [1.29, 1.82) is 0 Å². The zero-order valence-electron chi connectivity index (χ0n) is 12.5. The zero-order valence-corrected chi connectivity index (χ0v) is 16.5. The Kier molecular flexibility index (Phi) is 11.3. The molecular formula is C13H12Na2O6. The summed E-state index contributed by atoms with van der Waals surface area (Å²) in [6.07, 6.45) is 0.201. The molecule has 0 N–H and O–H groups in total. The van der Waals surface area contributed by atoms with Crippen molar-refractivity contribution in [3.05, 3.63) is 34.9 Å². The predicted octanol–water partition coefficient (Wildman–Crippen LogP) is -6.62. The maximum absolute atomic E-state index is 11.7. The van der Waals surface area contributed by atoms with E-state index in [1.165, 1.54) is 0 Å². The van der Waals surface area contributed by atoms with Gasteiger partial charge in [-0.15, -0.1) is 0 Å². The van der Waals surface area contributed by atoms with E-state index < -0.39 is 23.5 Å². The van der Waals surface area contributed by atoms with Crippen molar-refractivity contribution in [1.82, 2.24) is 0 Å². The number of carboxylic acid groups (broad SMARTS) is 2. The predicted molar refractivity (Wildman–Crippen MR) is 60.3 cm³/mol. The van der Waals surface area contributed by atoms with E-state index in [0.717, 1.165) is 18.2 Å². The normalized spacial score (nSPS) is 10.6. The number of esters is 1. The fourth-order valence-corrected chi connectivity index (χ4v) is 1.35. The third kappa shape index (κ3) is 6.50. The van der Waals surface area contributed by atoms with Crippen LogP contribution in [0.2, 0.25) is 0 Å². The number of carbonyl (C=O) groups is 3. The molecule has 0 heterocycles. The van der Waals surface area contributed by atoms with Gasteiger partial charge in [-0.1, -0.05) is 13.0 Å². The number of hydrogen-bond donors (Lipinski definition) is 0. The number of benzene rings is 1. The summed E-state index contributed by atoms with van der Waals surface area (Å²) in [5.74, 6) is -4.03. The monoisotopic (exact) mass is 310 g/mol. The van der Waals surface area contributed by atoms with Crippen molar-refractivity contribution in [2.75, 3.05) is 0 Å². The van der Waals surface area contributed by atoms with E-state index in [-0.39, 0.29) is 76.3 Å². The van der Waals surface area contributed by atoms with Crippen LogP contribution in [0, 0.1) is 0 Å². The summed E-state index contributed by atoms with van der Waals surface area (Å²) in [6, 6.07) is 2.97. The first-order valence-electron chi connectivity index (χ1n) is 5.64. The van der Waals surface area contributed by atoms with Gasteiger partial charge in [0.1, 0.15) is 0 Å². The molecule has 1 unspecified atom stereocenters. The second-order valence-corrected chi connectivity index (χ2v) is 3.96. The Hall–Kier alpha value is -0.370. The molecule has 0 aliphatic heterocycles. The Morgan fingerprint density at radius 2 is 1.67 bits per heavy atom. The number of carboxylic acids is 2. The SMILES string of the molecule is CCC(C)OC(=O)c1ccc(C(=O)[O-])cc1C(=O)[O-].[Na+].[Na+]. The van der Waals surface area contributed by atoms with E-state index in [1.807, 2.05) is 0 Å². The van der Waals surface area contributed by atoms with Crippen LogP contribution < -0.4 is 69.3 Å². The summed E-state index contributed by atoms with van der Waals surface area (Å²) in [7, 11) is 0. The Morgan fingerprint density at radius 3 is 2.10 bits per heavy atom. The molecule has 1 aromatic rings. The molecule has 8 heteroatoms. The van der Waals surface area contributed by atoms with Gasteiger partial charge >= 0.3 is 65.1 Å². The fourth-order valence-electron chi connectivity index (χ4n) is 1.35. The molecule has 0 aliphatic rings. The Bertz CT molecular complexity index is 529. The minimum Gasteiger partial charge on any atom is -0.545 e. The molecule has 0 bridgehead atoms. The molecule has 0 aromatic heterocycles. The van der Waals surface area contributed by atoms with Gasteiger partial charge in [0.05, 0.1) is 23.6 Å². The van der Waals surface area contributed by atoms with E-state index in [9.17, 15) is 24.6 Å². The van der Waals surface area contributed by atoms with Crippen LogP contribution in [0.1, 0.15) is 51.3 Å². The van der Waals surface area contributed by atoms with Crippen molar-refractivity contribution in [3.8, 4) is 0 Å². The van der Waals surface area contributed by atoms with Crippen LogP contribution in [0.3, 0.4) is 0 Å². The van der Waals surface area contributed by atoms with E-state index in [4.69, 9.17) is 4.74 Å². The zero-order chi connectivity index (χ0) is 14.6. The maximum Gasteiger partial charge on any atom is 1.00 e. The van der Waals surface area contributed by atoms with Crippen LogP contribution in [0.15, 0.2) is 18.2 Å². The minimum absolute atomic E-state index is 0. The second-order valence-electron chi connectivity index (χ2n) is 3.96. The van der Waals surface area contributed by atoms with Crippen molar-refractivity contribution in [3.63, 3.8) is 0 Å². The Labute approximate surface area is 166 Å². The van der Waals surface area contributed by atoms with Crippen LogP contribution in [0.4, 0.5) is 0 Å². The van der Waals surface area contributed by atoms with E-state index in [2.05, 4.69) is 0 Å². The van der Waals surface area contributed by atoms with Gasteiger partial charge in [0, 0.05) is 5.56 Å². The molecule has 1 atom stereocenters. The molecule has 0 saturated heterocycles. The van der Waals surface area contributed by atoms with E-state index in [1.54, 1.807) is 13.8 Å². The topological polar surface area (TPSA) is 107 Å². The number of aromatic carboxylic acids is 2.